The molecule has 52 heavy (non-hydrogen) atoms. The first kappa shape index (κ1) is 38.1. The van der Waals surface area contributed by atoms with Crippen LogP contribution in [0.5, 0.6) is 17.4 Å². The molecule has 6 rings (SSSR count). The molecule has 0 radical (unpaired) electrons. The van der Waals surface area contributed by atoms with Crippen molar-refractivity contribution >= 4 is 40.8 Å². The highest BCUT2D eigenvalue weighted by atomic mass is 35.5. The van der Waals surface area contributed by atoms with Gasteiger partial charge >= 0.3 is 6.18 Å². The van der Waals surface area contributed by atoms with Crippen LogP contribution in [0.25, 0.3) is 10.9 Å². The molecule has 9 nitrogen and oxygen atoms in total. The third-order valence-electron chi connectivity index (χ3n) is 8.86. The molecule has 3 heterocycles. The van der Waals surface area contributed by atoms with Crippen molar-refractivity contribution in [3.05, 3.63) is 113 Å². The Morgan fingerprint density at radius 1 is 0.904 bits per heavy atom. The fourth-order valence-electron chi connectivity index (χ4n) is 5.93. The number of benzene rings is 3. The van der Waals surface area contributed by atoms with E-state index in [1.807, 2.05) is 40.8 Å². The van der Waals surface area contributed by atoms with E-state index in [0.29, 0.717) is 43.3 Å². The van der Waals surface area contributed by atoms with E-state index in [9.17, 15) is 27.2 Å². The fourth-order valence-corrected chi connectivity index (χ4v) is 5.93. The number of anilines is 1. The van der Waals surface area contributed by atoms with Gasteiger partial charge in [-0.1, -0.05) is 19.1 Å². The van der Waals surface area contributed by atoms with Crippen LogP contribution in [0.15, 0.2) is 85.1 Å². The summed E-state index contributed by atoms with van der Waals surface area (Å²) in [6.45, 7) is 6.36. The van der Waals surface area contributed by atoms with Gasteiger partial charge in [0, 0.05) is 64.3 Å². The summed E-state index contributed by atoms with van der Waals surface area (Å²) in [6, 6.07) is 20.3. The zero-order valence-electron chi connectivity index (χ0n) is 28.8. The molecule has 274 valence electrons. The molecule has 1 aliphatic heterocycles. The normalized spacial score (nSPS) is 13.5. The molecular weight excluding hydrogens is 702 g/mol. The second-order valence-electron chi connectivity index (χ2n) is 12.4. The molecule has 0 spiro atoms. The van der Waals surface area contributed by atoms with Gasteiger partial charge in [-0.25, -0.2) is 9.37 Å². The maximum Gasteiger partial charge on any atom is 0.416 e. The van der Waals surface area contributed by atoms with Crippen molar-refractivity contribution in [3.63, 3.8) is 0 Å². The minimum absolute atomic E-state index is 0. The zero-order valence-corrected chi connectivity index (χ0v) is 29.6. The van der Waals surface area contributed by atoms with Crippen LogP contribution in [0.3, 0.4) is 0 Å². The van der Waals surface area contributed by atoms with Gasteiger partial charge in [0.25, 0.3) is 11.8 Å². The summed E-state index contributed by atoms with van der Waals surface area (Å²) in [5.41, 5.74) is 1.16. The van der Waals surface area contributed by atoms with Gasteiger partial charge in [-0.2, -0.15) is 13.2 Å². The topological polar surface area (TPSA) is 80.1 Å². The molecule has 1 aliphatic rings. The molecule has 14 heteroatoms. The van der Waals surface area contributed by atoms with Gasteiger partial charge in [-0.05, 0) is 66.6 Å². The van der Waals surface area contributed by atoms with Crippen molar-refractivity contribution < 1.29 is 36.6 Å². The number of amides is 2. The Kier molecular flexibility index (Phi) is 11.8. The third kappa shape index (κ3) is 8.48. The summed E-state index contributed by atoms with van der Waals surface area (Å²) in [4.78, 5) is 36.0. The van der Waals surface area contributed by atoms with E-state index >= 15 is 0 Å². The van der Waals surface area contributed by atoms with Crippen molar-refractivity contribution in [2.24, 2.45) is 7.05 Å². The number of pyridine rings is 1. The summed E-state index contributed by atoms with van der Waals surface area (Å²) in [7, 11) is 3.20. The van der Waals surface area contributed by atoms with E-state index in [0.717, 1.165) is 53.7 Å². The van der Waals surface area contributed by atoms with Crippen LogP contribution in [0, 0.1) is 5.82 Å². The van der Waals surface area contributed by atoms with Gasteiger partial charge in [0.05, 0.1) is 35.1 Å². The van der Waals surface area contributed by atoms with Crippen LogP contribution in [0.4, 0.5) is 23.2 Å². The number of fused-ring (bicyclic) bond motifs is 1. The second-order valence-corrected chi connectivity index (χ2v) is 12.4. The van der Waals surface area contributed by atoms with Crippen molar-refractivity contribution in [2.45, 2.75) is 26.1 Å². The number of nitrogens with zero attached hydrogens (tertiary/aromatic N) is 5. The average Bonchev–Trinajstić information content (AvgIpc) is 3.45. The number of piperazine rings is 1. The van der Waals surface area contributed by atoms with Gasteiger partial charge in [0.2, 0.25) is 5.88 Å². The van der Waals surface area contributed by atoms with E-state index in [1.54, 1.807) is 12.1 Å². The van der Waals surface area contributed by atoms with Crippen LogP contribution >= 0.6 is 12.4 Å². The second kappa shape index (κ2) is 16.0. The lowest BCUT2D eigenvalue weighted by atomic mass is 10.1. The van der Waals surface area contributed by atoms with Crippen LogP contribution in [-0.2, 0) is 19.8 Å². The summed E-state index contributed by atoms with van der Waals surface area (Å²) in [5.74, 6) is -0.597. The maximum absolute atomic E-state index is 14.4. The zero-order chi connectivity index (χ0) is 36.3. The first-order chi connectivity index (χ1) is 24.4. The van der Waals surface area contributed by atoms with E-state index in [1.165, 1.54) is 30.9 Å². The van der Waals surface area contributed by atoms with Gasteiger partial charge < -0.3 is 23.8 Å². The summed E-state index contributed by atoms with van der Waals surface area (Å²) < 4.78 is 66.6. The Morgan fingerprint density at radius 2 is 1.62 bits per heavy atom. The number of aromatic nitrogens is 2. The van der Waals surface area contributed by atoms with E-state index < -0.39 is 29.0 Å². The molecule has 3 aromatic carbocycles. The van der Waals surface area contributed by atoms with Gasteiger partial charge in [-0.3, -0.25) is 14.5 Å². The molecule has 0 N–H and O–H groups in total. The Morgan fingerprint density at radius 3 is 2.25 bits per heavy atom. The van der Waals surface area contributed by atoms with Crippen molar-refractivity contribution in [1.82, 2.24) is 19.4 Å². The molecule has 5 aromatic rings. The van der Waals surface area contributed by atoms with Crippen LogP contribution < -0.4 is 14.4 Å². The summed E-state index contributed by atoms with van der Waals surface area (Å²) in [5, 5.41) is 0.872. The van der Waals surface area contributed by atoms with Gasteiger partial charge in [-0.15, -0.1) is 12.4 Å². The Hall–Kier alpha value is -5.14. The first-order valence-electron chi connectivity index (χ1n) is 16.5. The highest BCUT2D eigenvalue weighted by Crippen LogP contribution is 2.32. The average molecular weight is 740 g/mol. The summed E-state index contributed by atoms with van der Waals surface area (Å²) in [6.07, 6.45) is -2.42. The Labute approximate surface area is 304 Å². The number of alkyl halides is 3. The van der Waals surface area contributed by atoms with Crippen LogP contribution in [-0.4, -0.2) is 71.0 Å². The molecule has 1 saturated heterocycles. The molecule has 0 bridgehead atoms. The van der Waals surface area contributed by atoms with Crippen LogP contribution in [0.1, 0.15) is 45.3 Å². The SMILES string of the molecule is CCCOc1ccc(CN2CCN(C(=O)c3cc4ccc(Oc5ccc(N(C)C(=O)c6ccc(C(F)(F)F)cc6F)cn5)cc4n3C)CC2)cc1.Cl. The van der Waals surface area contributed by atoms with Gasteiger partial charge in [0.1, 0.15) is 23.0 Å². The lowest BCUT2D eigenvalue weighted by molar-refractivity contribution is -0.137. The quantitative estimate of drug-likeness (QED) is 0.135. The lowest BCUT2D eigenvalue weighted by Gasteiger charge is -2.34. The van der Waals surface area contributed by atoms with E-state index in [-0.39, 0.29) is 29.9 Å². The first-order valence-corrected chi connectivity index (χ1v) is 16.5. The highest BCUT2D eigenvalue weighted by Gasteiger charge is 2.32. The van der Waals surface area contributed by atoms with Crippen LogP contribution in [0.2, 0.25) is 0 Å². The molecular formula is C38H38ClF4N5O4. The number of carbonyl (C=O) groups is 2. The van der Waals surface area contributed by atoms with E-state index in [4.69, 9.17) is 9.47 Å². The number of hydrogen-bond acceptors (Lipinski definition) is 6. The molecule has 0 unspecified atom stereocenters. The minimum Gasteiger partial charge on any atom is -0.494 e. The third-order valence-corrected chi connectivity index (χ3v) is 8.86. The number of ether oxygens (including phenoxy) is 2. The molecule has 2 amide bonds. The summed E-state index contributed by atoms with van der Waals surface area (Å²) >= 11 is 0. The smallest absolute Gasteiger partial charge is 0.416 e. The van der Waals surface area contributed by atoms with E-state index in [2.05, 4.69) is 28.9 Å². The standard InChI is InChI=1S/C38H37F4N5O4.ClH/c1-4-19-50-29-10-5-25(6-11-29)24-46-15-17-47(18-16-46)37(49)34-20-26-7-12-30(22-33(26)45(34)3)51-35-14-9-28(23-43-35)44(2)36(48)31-13-8-27(21-32(31)39)38(40,41)42;/h5-14,20-23H,4,15-19,24H2,1-3H3;1H. The number of halogens is 5. The predicted molar refractivity (Wildman–Crippen MR) is 192 cm³/mol. The van der Waals surface area contributed by atoms with Gasteiger partial charge in [0.15, 0.2) is 0 Å². The number of hydrogen-bond donors (Lipinski definition) is 0. The highest BCUT2D eigenvalue weighted by molar-refractivity contribution is 6.06. The number of rotatable bonds is 10. The number of aryl methyl sites for hydroxylation is 1. The Balaban J connectivity index is 0.00000523. The predicted octanol–water partition coefficient (Wildman–Crippen LogP) is 7.97. The monoisotopic (exact) mass is 739 g/mol. The van der Waals surface area contributed by atoms with Crippen molar-refractivity contribution in [1.29, 1.82) is 0 Å². The maximum atomic E-state index is 14.4. The largest absolute Gasteiger partial charge is 0.494 e. The molecule has 2 aromatic heterocycles. The molecule has 0 aliphatic carbocycles. The Bertz CT molecular complexity index is 2030. The number of carbonyl (C=O) groups excluding carboxylic acids is 2. The molecule has 1 fully saturated rings. The molecule has 0 atom stereocenters. The fraction of sp³-hybridized carbons (Fsp3) is 0.289. The lowest BCUT2D eigenvalue weighted by Crippen LogP contribution is -2.48. The van der Waals surface area contributed by atoms with Crippen molar-refractivity contribution in [3.8, 4) is 17.4 Å². The molecule has 0 saturated carbocycles. The minimum atomic E-state index is -4.73. The van der Waals surface area contributed by atoms with Crippen molar-refractivity contribution in [2.75, 3.05) is 44.7 Å².